The second-order valence-corrected chi connectivity index (χ2v) is 4.57. The maximum atomic E-state index is 5.71. The molecule has 0 aliphatic heterocycles. The van der Waals surface area contributed by atoms with Crippen molar-refractivity contribution in [2.24, 2.45) is 0 Å². The highest BCUT2D eigenvalue weighted by molar-refractivity contribution is 5.48. The molecule has 0 saturated carbocycles. The molecule has 2 heterocycles. The Morgan fingerprint density at radius 2 is 2.10 bits per heavy atom. The van der Waals surface area contributed by atoms with Gasteiger partial charge in [0, 0.05) is 25.6 Å². The maximum Gasteiger partial charge on any atom is 0.228 e. The standard InChI is InChI=1S/C13H20N6O2/c1-4-9-8(2)12(18-13(14)16-9)15-6-5-11-17-10(7-20-3)19-21-11/h4-7H2,1-3H3,(H3,14,15,16,18). The lowest BCUT2D eigenvalue weighted by molar-refractivity contribution is 0.174. The third-order valence-electron chi connectivity index (χ3n) is 3.01. The molecule has 21 heavy (non-hydrogen) atoms. The first-order valence-electron chi connectivity index (χ1n) is 6.81. The van der Waals surface area contributed by atoms with Crippen LogP contribution < -0.4 is 11.1 Å². The second kappa shape index (κ2) is 6.98. The normalized spacial score (nSPS) is 10.8. The Morgan fingerprint density at radius 1 is 1.29 bits per heavy atom. The van der Waals surface area contributed by atoms with Crippen molar-refractivity contribution >= 4 is 11.8 Å². The Balaban J connectivity index is 1.95. The van der Waals surface area contributed by atoms with Gasteiger partial charge in [0.25, 0.3) is 0 Å². The molecule has 8 heteroatoms. The van der Waals surface area contributed by atoms with Crippen molar-refractivity contribution < 1.29 is 9.26 Å². The van der Waals surface area contributed by atoms with E-state index in [0.29, 0.717) is 31.3 Å². The quantitative estimate of drug-likeness (QED) is 0.780. The fraction of sp³-hybridized carbons (Fsp3) is 0.538. The SMILES string of the molecule is CCc1nc(N)nc(NCCc2nc(COC)no2)c1C. The molecule has 0 unspecified atom stereocenters. The summed E-state index contributed by atoms with van der Waals surface area (Å²) in [6.45, 7) is 4.98. The van der Waals surface area contributed by atoms with Gasteiger partial charge < -0.3 is 20.3 Å². The first-order valence-corrected chi connectivity index (χ1v) is 6.81. The first-order chi connectivity index (χ1) is 10.1. The molecule has 114 valence electrons. The van der Waals surface area contributed by atoms with Crippen molar-refractivity contribution in [2.75, 3.05) is 24.7 Å². The molecule has 0 aliphatic rings. The molecule has 2 rings (SSSR count). The van der Waals surface area contributed by atoms with E-state index < -0.39 is 0 Å². The van der Waals surface area contributed by atoms with Gasteiger partial charge in [-0.3, -0.25) is 0 Å². The van der Waals surface area contributed by atoms with E-state index in [1.807, 2.05) is 13.8 Å². The molecule has 0 aliphatic carbocycles. The summed E-state index contributed by atoms with van der Waals surface area (Å²) in [5.74, 6) is 2.13. The molecule has 0 radical (unpaired) electrons. The Hall–Kier alpha value is -2.22. The van der Waals surface area contributed by atoms with Crippen LogP contribution in [0.2, 0.25) is 0 Å². The van der Waals surface area contributed by atoms with E-state index in [0.717, 1.165) is 23.5 Å². The van der Waals surface area contributed by atoms with Crippen molar-refractivity contribution in [2.45, 2.75) is 33.3 Å². The second-order valence-electron chi connectivity index (χ2n) is 4.57. The van der Waals surface area contributed by atoms with Crippen LogP contribution in [0.3, 0.4) is 0 Å². The number of hydrogen-bond acceptors (Lipinski definition) is 8. The summed E-state index contributed by atoms with van der Waals surface area (Å²) in [4.78, 5) is 12.6. The fourth-order valence-corrected chi connectivity index (χ4v) is 1.97. The number of nitrogens with two attached hydrogens (primary N) is 1. The van der Waals surface area contributed by atoms with E-state index >= 15 is 0 Å². The maximum absolute atomic E-state index is 5.71. The van der Waals surface area contributed by atoms with Gasteiger partial charge in [-0.1, -0.05) is 12.1 Å². The highest BCUT2D eigenvalue weighted by Crippen LogP contribution is 2.16. The molecule has 0 aromatic carbocycles. The summed E-state index contributed by atoms with van der Waals surface area (Å²) in [6.07, 6.45) is 1.42. The third-order valence-corrected chi connectivity index (χ3v) is 3.01. The van der Waals surface area contributed by atoms with Crippen LogP contribution >= 0.6 is 0 Å². The predicted molar refractivity (Wildman–Crippen MR) is 77.8 cm³/mol. The Bertz CT molecular complexity index is 598. The molecule has 0 atom stereocenters. The third kappa shape index (κ3) is 3.88. The summed E-state index contributed by atoms with van der Waals surface area (Å²) in [6, 6.07) is 0. The van der Waals surface area contributed by atoms with Crippen LogP contribution in [0.1, 0.15) is 29.9 Å². The van der Waals surface area contributed by atoms with Crippen molar-refractivity contribution in [3.63, 3.8) is 0 Å². The Kier molecular flexibility index (Phi) is 5.04. The van der Waals surface area contributed by atoms with Crippen LogP contribution in [0.4, 0.5) is 11.8 Å². The minimum Gasteiger partial charge on any atom is -0.377 e. The summed E-state index contributed by atoms with van der Waals surface area (Å²) in [5, 5.41) is 7.03. The van der Waals surface area contributed by atoms with E-state index in [1.165, 1.54) is 0 Å². The van der Waals surface area contributed by atoms with Crippen molar-refractivity contribution in [1.29, 1.82) is 0 Å². The topological polar surface area (TPSA) is 112 Å². The first kappa shape index (κ1) is 15.2. The number of aromatic nitrogens is 4. The van der Waals surface area contributed by atoms with Crippen LogP contribution in [0.25, 0.3) is 0 Å². The number of ether oxygens (including phenoxy) is 1. The largest absolute Gasteiger partial charge is 0.377 e. The number of rotatable bonds is 7. The number of methoxy groups -OCH3 is 1. The molecule has 3 N–H and O–H groups in total. The van der Waals surface area contributed by atoms with Crippen molar-refractivity contribution in [3.05, 3.63) is 23.0 Å². The Morgan fingerprint density at radius 3 is 2.81 bits per heavy atom. The van der Waals surface area contributed by atoms with Crippen LogP contribution in [0.15, 0.2) is 4.52 Å². The molecule has 0 amide bonds. The number of hydrogen-bond donors (Lipinski definition) is 2. The van der Waals surface area contributed by atoms with Gasteiger partial charge in [-0.15, -0.1) is 0 Å². The van der Waals surface area contributed by atoms with Gasteiger partial charge in [0.2, 0.25) is 11.8 Å². The minimum absolute atomic E-state index is 0.278. The highest BCUT2D eigenvalue weighted by Gasteiger charge is 2.09. The lowest BCUT2D eigenvalue weighted by Crippen LogP contribution is -2.12. The summed E-state index contributed by atoms with van der Waals surface area (Å²) in [5.41, 5.74) is 7.67. The van der Waals surface area contributed by atoms with Gasteiger partial charge in [0.15, 0.2) is 5.82 Å². The van der Waals surface area contributed by atoms with E-state index in [-0.39, 0.29) is 5.95 Å². The molecule has 2 aromatic rings. The van der Waals surface area contributed by atoms with Crippen LogP contribution in [-0.2, 0) is 24.2 Å². The van der Waals surface area contributed by atoms with Crippen LogP contribution in [-0.4, -0.2) is 33.8 Å². The van der Waals surface area contributed by atoms with Gasteiger partial charge >= 0.3 is 0 Å². The van der Waals surface area contributed by atoms with E-state index in [2.05, 4.69) is 25.4 Å². The molecular weight excluding hydrogens is 272 g/mol. The van der Waals surface area contributed by atoms with Crippen molar-refractivity contribution in [1.82, 2.24) is 20.1 Å². The van der Waals surface area contributed by atoms with Gasteiger partial charge in [0.1, 0.15) is 12.4 Å². The average molecular weight is 292 g/mol. The molecule has 2 aromatic heterocycles. The lowest BCUT2D eigenvalue weighted by atomic mass is 10.2. The molecule has 0 bridgehead atoms. The number of nitrogen functional groups attached to an aromatic ring is 1. The van der Waals surface area contributed by atoms with Gasteiger partial charge in [-0.2, -0.15) is 9.97 Å². The highest BCUT2D eigenvalue weighted by atomic mass is 16.5. The Labute approximate surface area is 123 Å². The predicted octanol–water partition coefficient (Wildman–Crippen LogP) is 1.11. The van der Waals surface area contributed by atoms with E-state index in [9.17, 15) is 0 Å². The number of nitrogens with zero attached hydrogens (tertiary/aromatic N) is 4. The molecule has 8 nitrogen and oxygen atoms in total. The van der Waals surface area contributed by atoms with Gasteiger partial charge in [0.05, 0.1) is 5.69 Å². The summed E-state index contributed by atoms with van der Waals surface area (Å²) >= 11 is 0. The molecule has 0 spiro atoms. The molecule has 0 saturated heterocycles. The van der Waals surface area contributed by atoms with Crippen LogP contribution in [0, 0.1) is 6.92 Å². The zero-order chi connectivity index (χ0) is 15.2. The lowest BCUT2D eigenvalue weighted by Gasteiger charge is -2.11. The molecular formula is C13H20N6O2. The van der Waals surface area contributed by atoms with Gasteiger partial charge in [-0.05, 0) is 13.3 Å². The number of aryl methyl sites for hydroxylation is 1. The monoisotopic (exact) mass is 292 g/mol. The van der Waals surface area contributed by atoms with Crippen LogP contribution in [0.5, 0.6) is 0 Å². The van der Waals surface area contributed by atoms with Crippen molar-refractivity contribution in [3.8, 4) is 0 Å². The zero-order valence-electron chi connectivity index (χ0n) is 12.5. The summed E-state index contributed by atoms with van der Waals surface area (Å²) < 4.78 is 10.1. The number of nitrogens with one attached hydrogen (secondary N) is 1. The zero-order valence-corrected chi connectivity index (χ0v) is 12.5. The average Bonchev–Trinajstić information content (AvgIpc) is 2.90. The molecule has 0 fully saturated rings. The van der Waals surface area contributed by atoms with E-state index in [1.54, 1.807) is 7.11 Å². The fourth-order valence-electron chi connectivity index (χ4n) is 1.97. The number of anilines is 2. The summed E-state index contributed by atoms with van der Waals surface area (Å²) in [7, 11) is 1.59. The minimum atomic E-state index is 0.278. The smallest absolute Gasteiger partial charge is 0.228 e. The van der Waals surface area contributed by atoms with E-state index in [4.69, 9.17) is 15.0 Å². The van der Waals surface area contributed by atoms with Gasteiger partial charge in [-0.25, -0.2) is 4.98 Å².